The normalized spacial score (nSPS) is 13.0. The molecular formula is C9H13ClN2. The Kier molecular flexibility index (Phi) is 3.06. The highest BCUT2D eigenvalue weighted by molar-refractivity contribution is 6.30. The summed E-state index contributed by atoms with van der Waals surface area (Å²) in [5.41, 5.74) is 7.68. The van der Waals surface area contributed by atoms with Gasteiger partial charge in [0.25, 0.3) is 0 Å². The molecule has 2 N–H and O–H groups in total. The first-order valence-electron chi connectivity index (χ1n) is 4.03. The Morgan fingerprint density at radius 2 is 2.25 bits per heavy atom. The average molecular weight is 185 g/mol. The van der Waals surface area contributed by atoms with Gasteiger partial charge >= 0.3 is 0 Å². The Morgan fingerprint density at radius 1 is 1.58 bits per heavy atom. The number of aromatic nitrogens is 1. The molecule has 66 valence electrons. The number of aryl methyl sites for hydroxylation is 1. The molecule has 1 heterocycles. The third-order valence-corrected chi connectivity index (χ3v) is 2.16. The number of hydrogen-bond acceptors (Lipinski definition) is 2. The zero-order valence-electron chi connectivity index (χ0n) is 7.34. The van der Waals surface area contributed by atoms with Crippen molar-refractivity contribution < 1.29 is 0 Å². The van der Waals surface area contributed by atoms with E-state index in [0.29, 0.717) is 5.15 Å². The van der Waals surface area contributed by atoms with Crippen LogP contribution in [-0.2, 0) is 0 Å². The summed E-state index contributed by atoms with van der Waals surface area (Å²) in [5, 5.41) is 0.532. The van der Waals surface area contributed by atoms with Gasteiger partial charge in [0.05, 0.1) is 0 Å². The predicted octanol–water partition coefficient (Wildman–Crippen LogP) is 2.45. The van der Waals surface area contributed by atoms with Gasteiger partial charge < -0.3 is 5.73 Å². The topological polar surface area (TPSA) is 38.9 Å². The van der Waals surface area contributed by atoms with Crippen molar-refractivity contribution in [2.24, 2.45) is 5.73 Å². The van der Waals surface area contributed by atoms with E-state index in [1.165, 1.54) is 0 Å². The number of nitrogens with zero attached hydrogens (tertiary/aromatic N) is 1. The summed E-state index contributed by atoms with van der Waals surface area (Å²) in [6.07, 6.45) is 0.879. The Labute approximate surface area is 77.8 Å². The molecule has 0 saturated heterocycles. The second kappa shape index (κ2) is 3.87. The molecule has 1 aromatic heterocycles. The Morgan fingerprint density at radius 3 is 2.75 bits per heavy atom. The monoisotopic (exact) mass is 184 g/mol. The van der Waals surface area contributed by atoms with Gasteiger partial charge in [-0.05, 0) is 19.4 Å². The van der Waals surface area contributed by atoms with E-state index in [1.807, 2.05) is 26.0 Å². The van der Waals surface area contributed by atoms with E-state index in [9.17, 15) is 0 Å². The molecule has 1 aromatic rings. The quantitative estimate of drug-likeness (QED) is 0.718. The summed E-state index contributed by atoms with van der Waals surface area (Å²) in [5.74, 6) is 0. The maximum absolute atomic E-state index is 5.91. The molecule has 3 heteroatoms. The smallest absolute Gasteiger partial charge is 0.134 e. The average Bonchev–Trinajstić information content (AvgIpc) is 2.03. The van der Waals surface area contributed by atoms with Crippen LogP contribution in [0.3, 0.4) is 0 Å². The van der Waals surface area contributed by atoms with Gasteiger partial charge in [-0.25, -0.2) is 4.98 Å². The minimum absolute atomic E-state index is 0.00519. The fraction of sp³-hybridized carbons (Fsp3) is 0.444. The van der Waals surface area contributed by atoms with Crippen molar-refractivity contribution in [1.29, 1.82) is 0 Å². The van der Waals surface area contributed by atoms with Crippen LogP contribution in [0.15, 0.2) is 12.1 Å². The molecule has 0 aliphatic carbocycles. The van der Waals surface area contributed by atoms with E-state index < -0.39 is 0 Å². The van der Waals surface area contributed by atoms with E-state index in [0.717, 1.165) is 17.7 Å². The van der Waals surface area contributed by atoms with Gasteiger partial charge in [0, 0.05) is 17.3 Å². The first kappa shape index (κ1) is 9.49. The molecule has 0 fully saturated rings. The second-order valence-corrected chi connectivity index (χ2v) is 3.21. The maximum atomic E-state index is 5.91. The molecule has 12 heavy (non-hydrogen) atoms. The Hall–Kier alpha value is -0.600. The lowest BCUT2D eigenvalue weighted by Gasteiger charge is -2.10. The lowest BCUT2D eigenvalue weighted by Crippen LogP contribution is -2.09. The van der Waals surface area contributed by atoms with Crippen LogP contribution in [0.2, 0.25) is 5.15 Å². The number of hydrogen-bond donors (Lipinski definition) is 1. The molecule has 0 spiro atoms. The van der Waals surface area contributed by atoms with E-state index in [1.54, 1.807) is 0 Å². The SMILES string of the molecule is CC[C@H](N)c1ccc(C)nc1Cl. The van der Waals surface area contributed by atoms with Crippen LogP contribution in [-0.4, -0.2) is 4.98 Å². The molecule has 0 aromatic carbocycles. The highest BCUT2D eigenvalue weighted by Gasteiger charge is 2.08. The van der Waals surface area contributed by atoms with E-state index >= 15 is 0 Å². The predicted molar refractivity (Wildman–Crippen MR) is 51.2 cm³/mol. The number of pyridine rings is 1. The third-order valence-electron chi connectivity index (χ3n) is 1.86. The van der Waals surface area contributed by atoms with Crippen molar-refractivity contribution >= 4 is 11.6 Å². The van der Waals surface area contributed by atoms with Crippen LogP contribution in [0.1, 0.15) is 30.6 Å². The lowest BCUT2D eigenvalue weighted by atomic mass is 10.1. The van der Waals surface area contributed by atoms with Crippen molar-refractivity contribution in [2.45, 2.75) is 26.3 Å². The summed E-state index contributed by atoms with van der Waals surface area (Å²) >= 11 is 5.91. The molecule has 0 aliphatic rings. The van der Waals surface area contributed by atoms with Crippen LogP contribution < -0.4 is 5.73 Å². The molecule has 1 rings (SSSR count). The van der Waals surface area contributed by atoms with Crippen molar-refractivity contribution in [2.75, 3.05) is 0 Å². The van der Waals surface area contributed by atoms with Crippen molar-refractivity contribution in [1.82, 2.24) is 4.98 Å². The van der Waals surface area contributed by atoms with Gasteiger partial charge in [-0.1, -0.05) is 24.6 Å². The molecule has 0 bridgehead atoms. The van der Waals surface area contributed by atoms with Crippen LogP contribution >= 0.6 is 11.6 Å². The minimum atomic E-state index is 0.00519. The number of nitrogens with two attached hydrogens (primary N) is 1. The molecular weight excluding hydrogens is 172 g/mol. The third kappa shape index (κ3) is 1.96. The van der Waals surface area contributed by atoms with Gasteiger partial charge in [-0.2, -0.15) is 0 Å². The van der Waals surface area contributed by atoms with Gasteiger partial charge in [0.2, 0.25) is 0 Å². The number of rotatable bonds is 2. The van der Waals surface area contributed by atoms with E-state index in [-0.39, 0.29) is 6.04 Å². The largest absolute Gasteiger partial charge is 0.324 e. The van der Waals surface area contributed by atoms with Gasteiger partial charge in [0.15, 0.2) is 0 Å². The second-order valence-electron chi connectivity index (χ2n) is 2.85. The van der Waals surface area contributed by atoms with Crippen LogP contribution in [0.25, 0.3) is 0 Å². The summed E-state index contributed by atoms with van der Waals surface area (Å²) in [6.45, 7) is 3.94. The van der Waals surface area contributed by atoms with Crippen molar-refractivity contribution in [3.05, 3.63) is 28.5 Å². The molecule has 1 atom stereocenters. The summed E-state index contributed by atoms with van der Waals surface area (Å²) in [7, 11) is 0. The highest BCUT2D eigenvalue weighted by atomic mass is 35.5. The lowest BCUT2D eigenvalue weighted by molar-refractivity contribution is 0.695. The minimum Gasteiger partial charge on any atom is -0.324 e. The molecule has 0 saturated carbocycles. The fourth-order valence-electron chi connectivity index (χ4n) is 1.03. The van der Waals surface area contributed by atoms with Gasteiger partial charge in [0.1, 0.15) is 5.15 Å². The standard InChI is InChI=1S/C9H13ClN2/c1-3-8(11)7-5-4-6(2)12-9(7)10/h4-5,8H,3,11H2,1-2H3/t8-/m0/s1. The van der Waals surface area contributed by atoms with Crippen molar-refractivity contribution in [3.63, 3.8) is 0 Å². The molecule has 0 unspecified atom stereocenters. The zero-order chi connectivity index (χ0) is 9.14. The van der Waals surface area contributed by atoms with Crippen LogP contribution in [0.5, 0.6) is 0 Å². The van der Waals surface area contributed by atoms with Crippen LogP contribution in [0.4, 0.5) is 0 Å². The van der Waals surface area contributed by atoms with Crippen LogP contribution in [0, 0.1) is 6.92 Å². The fourth-order valence-corrected chi connectivity index (χ4v) is 1.37. The highest BCUT2D eigenvalue weighted by Crippen LogP contribution is 2.21. The maximum Gasteiger partial charge on any atom is 0.134 e. The van der Waals surface area contributed by atoms with Gasteiger partial charge in [-0.3, -0.25) is 0 Å². The molecule has 0 amide bonds. The Bertz CT molecular complexity index is 273. The molecule has 0 radical (unpaired) electrons. The molecule has 2 nitrogen and oxygen atoms in total. The summed E-state index contributed by atoms with van der Waals surface area (Å²) < 4.78 is 0. The van der Waals surface area contributed by atoms with E-state index in [2.05, 4.69) is 4.98 Å². The van der Waals surface area contributed by atoms with Crippen molar-refractivity contribution in [3.8, 4) is 0 Å². The Balaban J connectivity index is 3.01. The first-order chi connectivity index (χ1) is 5.65. The van der Waals surface area contributed by atoms with E-state index in [4.69, 9.17) is 17.3 Å². The number of halogens is 1. The summed E-state index contributed by atoms with van der Waals surface area (Å²) in [4.78, 5) is 4.13. The first-order valence-corrected chi connectivity index (χ1v) is 4.41. The zero-order valence-corrected chi connectivity index (χ0v) is 8.10. The van der Waals surface area contributed by atoms with Gasteiger partial charge in [-0.15, -0.1) is 0 Å². The summed E-state index contributed by atoms with van der Waals surface area (Å²) in [6, 6.07) is 3.88. The molecule has 0 aliphatic heterocycles.